The molecule has 0 fully saturated rings. The van der Waals surface area contributed by atoms with Gasteiger partial charge in [0.15, 0.2) is 0 Å². The van der Waals surface area contributed by atoms with Gasteiger partial charge in [-0.05, 0) is 24.6 Å². The molecule has 1 aromatic carbocycles. The van der Waals surface area contributed by atoms with E-state index in [0.29, 0.717) is 11.6 Å². The highest BCUT2D eigenvalue weighted by Gasteiger charge is 2.18. The first-order valence-corrected chi connectivity index (χ1v) is 6.61. The number of nitrogens with zero attached hydrogens (tertiary/aromatic N) is 2. The lowest BCUT2D eigenvalue weighted by Crippen LogP contribution is -2.15. The van der Waals surface area contributed by atoms with Crippen LogP contribution in [-0.4, -0.2) is 15.6 Å². The molecule has 0 saturated carbocycles. The first-order chi connectivity index (χ1) is 10.2. The second-order valence-electron chi connectivity index (χ2n) is 4.80. The van der Waals surface area contributed by atoms with Crippen LogP contribution in [0.1, 0.15) is 16.2 Å². The fourth-order valence-corrected chi connectivity index (χ4v) is 2.26. The third-order valence-corrected chi connectivity index (χ3v) is 3.33. The van der Waals surface area contributed by atoms with Crippen molar-refractivity contribution < 1.29 is 9.32 Å². The summed E-state index contributed by atoms with van der Waals surface area (Å²) in [6.45, 7) is 1.85. The third-order valence-electron chi connectivity index (χ3n) is 3.33. The number of hydrogen-bond acceptors (Lipinski definition) is 3. The SMILES string of the molecule is Cc1noc(NC(=O)c2cccn2C)c1-c1ccccc1. The molecule has 0 aliphatic carbocycles. The van der Waals surface area contributed by atoms with Crippen molar-refractivity contribution in [2.75, 3.05) is 5.32 Å². The standard InChI is InChI=1S/C16H15N3O2/c1-11-14(12-7-4-3-5-8-12)16(21-18-11)17-15(20)13-9-6-10-19(13)2/h3-10H,1-2H3,(H,17,20). The molecule has 0 bridgehead atoms. The predicted octanol–water partition coefficient (Wildman–Crippen LogP) is 3.24. The van der Waals surface area contributed by atoms with Gasteiger partial charge in [-0.1, -0.05) is 35.5 Å². The van der Waals surface area contributed by atoms with Crippen molar-refractivity contribution >= 4 is 11.8 Å². The Labute approximate surface area is 122 Å². The van der Waals surface area contributed by atoms with E-state index in [1.165, 1.54) is 0 Å². The summed E-state index contributed by atoms with van der Waals surface area (Å²) in [5.74, 6) is 0.140. The number of aromatic nitrogens is 2. The monoisotopic (exact) mass is 281 g/mol. The van der Waals surface area contributed by atoms with Crippen molar-refractivity contribution in [3.8, 4) is 11.1 Å². The number of nitrogens with one attached hydrogen (secondary N) is 1. The van der Waals surface area contributed by atoms with Gasteiger partial charge >= 0.3 is 0 Å². The molecule has 21 heavy (non-hydrogen) atoms. The first kappa shape index (κ1) is 13.2. The van der Waals surface area contributed by atoms with Crippen molar-refractivity contribution in [1.82, 2.24) is 9.72 Å². The maximum Gasteiger partial charge on any atom is 0.274 e. The van der Waals surface area contributed by atoms with Crippen LogP contribution < -0.4 is 5.32 Å². The summed E-state index contributed by atoms with van der Waals surface area (Å²) < 4.78 is 7.02. The van der Waals surface area contributed by atoms with E-state index < -0.39 is 0 Å². The van der Waals surface area contributed by atoms with Crippen molar-refractivity contribution in [2.45, 2.75) is 6.92 Å². The summed E-state index contributed by atoms with van der Waals surface area (Å²) in [6, 6.07) is 13.3. The molecule has 0 spiro atoms. The molecule has 0 aliphatic heterocycles. The van der Waals surface area contributed by atoms with Crippen LogP contribution in [0.2, 0.25) is 0 Å². The van der Waals surface area contributed by atoms with Crippen molar-refractivity contribution in [1.29, 1.82) is 0 Å². The van der Waals surface area contributed by atoms with Crippen LogP contribution in [0.5, 0.6) is 0 Å². The van der Waals surface area contributed by atoms with E-state index >= 15 is 0 Å². The number of carbonyl (C=O) groups is 1. The smallest absolute Gasteiger partial charge is 0.274 e. The van der Waals surface area contributed by atoms with Gasteiger partial charge in [0.2, 0.25) is 5.88 Å². The minimum atomic E-state index is -0.226. The second kappa shape index (κ2) is 5.28. The van der Waals surface area contributed by atoms with Crippen molar-refractivity contribution in [3.63, 3.8) is 0 Å². The van der Waals surface area contributed by atoms with Gasteiger partial charge in [-0.3, -0.25) is 10.1 Å². The summed E-state index contributed by atoms with van der Waals surface area (Å²) in [5, 5.41) is 6.74. The van der Waals surface area contributed by atoms with Crippen molar-refractivity contribution in [2.24, 2.45) is 7.05 Å². The Balaban J connectivity index is 1.94. The summed E-state index contributed by atoms with van der Waals surface area (Å²) >= 11 is 0. The van der Waals surface area contributed by atoms with Gasteiger partial charge in [0.1, 0.15) is 5.69 Å². The maximum absolute atomic E-state index is 12.3. The number of hydrogen-bond donors (Lipinski definition) is 1. The van der Waals surface area contributed by atoms with Gasteiger partial charge in [0.25, 0.3) is 5.91 Å². The van der Waals surface area contributed by atoms with Crippen LogP contribution in [-0.2, 0) is 7.05 Å². The predicted molar refractivity (Wildman–Crippen MR) is 80.0 cm³/mol. The molecule has 0 atom stereocenters. The van der Waals surface area contributed by atoms with Gasteiger partial charge in [-0.25, -0.2) is 0 Å². The molecule has 0 saturated heterocycles. The lowest BCUT2D eigenvalue weighted by molar-refractivity contribution is 0.101. The highest BCUT2D eigenvalue weighted by Crippen LogP contribution is 2.31. The molecule has 1 amide bonds. The molecule has 106 valence electrons. The fourth-order valence-electron chi connectivity index (χ4n) is 2.26. The molecule has 2 heterocycles. The Bertz CT molecular complexity index is 772. The summed E-state index contributed by atoms with van der Waals surface area (Å²) in [5.41, 5.74) is 3.06. The number of rotatable bonds is 3. The minimum Gasteiger partial charge on any atom is -0.347 e. The molecular formula is C16H15N3O2. The van der Waals surface area contributed by atoms with E-state index in [-0.39, 0.29) is 5.91 Å². The summed E-state index contributed by atoms with van der Waals surface area (Å²) in [7, 11) is 1.82. The third kappa shape index (κ3) is 2.45. The molecule has 5 nitrogen and oxygen atoms in total. The average molecular weight is 281 g/mol. The number of aryl methyl sites for hydroxylation is 2. The fraction of sp³-hybridized carbons (Fsp3) is 0.125. The van der Waals surface area contributed by atoms with E-state index in [1.54, 1.807) is 10.6 Å². The largest absolute Gasteiger partial charge is 0.347 e. The zero-order valence-corrected chi connectivity index (χ0v) is 11.8. The zero-order valence-electron chi connectivity index (χ0n) is 11.8. The molecule has 1 N–H and O–H groups in total. The zero-order chi connectivity index (χ0) is 14.8. The molecule has 0 aliphatic rings. The number of carbonyl (C=O) groups excluding carboxylic acids is 1. The lowest BCUT2D eigenvalue weighted by atomic mass is 10.1. The van der Waals surface area contributed by atoms with Crippen molar-refractivity contribution in [3.05, 3.63) is 60.0 Å². The average Bonchev–Trinajstić information content (AvgIpc) is 3.06. The Hall–Kier alpha value is -2.82. The second-order valence-corrected chi connectivity index (χ2v) is 4.80. The molecule has 3 rings (SSSR count). The number of anilines is 1. The van der Waals surface area contributed by atoms with E-state index in [4.69, 9.17) is 4.52 Å². The molecule has 2 aromatic heterocycles. The van der Waals surface area contributed by atoms with Crippen LogP contribution >= 0.6 is 0 Å². The highest BCUT2D eigenvalue weighted by molar-refractivity contribution is 6.04. The summed E-state index contributed by atoms with van der Waals surface area (Å²) in [4.78, 5) is 12.3. The van der Waals surface area contributed by atoms with E-state index in [0.717, 1.165) is 16.8 Å². The number of amides is 1. The van der Waals surface area contributed by atoms with E-state index in [9.17, 15) is 4.79 Å². The van der Waals surface area contributed by atoms with E-state index in [2.05, 4.69) is 10.5 Å². The van der Waals surface area contributed by atoms with Gasteiger partial charge < -0.3 is 9.09 Å². The molecule has 3 aromatic rings. The van der Waals surface area contributed by atoms with Gasteiger partial charge in [0, 0.05) is 13.2 Å². The van der Waals surface area contributed by atoms with Crippen LogP contribution in [0.4, 0.5) is 5.88 Å². The first-order valence-electron chi connectivity index (χ1n) is 6.61. The maximum atomic E-state index is 12.3. The van der Waals surface area contributed by atoms with E-state index in [1.807, 2.05) is 56.6 Å². The van der Waals surface area contributed by atoms with Crippen LogP contribution in [0.25, 0.3) is 11.1 Å². The number of benzene rings is 1. The normalized spacial score (nSPS) is 10.6. The molecule has 5 heteroatoms. The Kier molecular flexibility index (Phi) is 3.31. The Morgan fingerprint density at radius 1 is 1.19 bits per heavy atom. The Morgan fingerprint density at radius 3 is 2.62 bits per heavy atom. The topological polar surface area (TPSA) is 60.1 Å². The van der Waals surface area contributed by atoms with Crippen LogP contribution in [0, 0.1) is 6.92 Å². The van der Waals surface area contributed by atoms with Crippen LogP contribution in [0.3, 0.4) is 0 Å². The molecule has 0 radical (unpaired) electrons. The lowest BCUT2D eigenvalue weighted by Gasteiger charge is -2.05. The van der Waals surface area contributed by atoms with Gasteiger partial charge in [-0.2, -0.15) is 0 Å². The van der Waals surface area contributed by atoms with Gasteiger partial charge in [0.05, 0.1) is 11.3 Å². The van der Waals surface area contributed by atoms with Crippen LogP contribution in [0.15, 0.2) is 53.2 Å². The van der Waals surface area contributed by atoms with Gasteiger partial charge in [-0.15, -0.1) is 0 Å². The summed E-state index contributed by atoms with van der Waals surface area (Å²) in [6.07, 6.45) is 1.82. The highest BCUT2D eigenvalue weighted by atomic mass is 16.5. The quantitative estimate of drug-likeness (QED) is 0.801. The molecular weight excluding hydrogens is 266 g/mol. The molecule has 0 unspecified atom stereocenters. The minimum absolute atomic E-state index is 0.226. The Morgan fingerprint density at radius 2 is 1.95 bits per heavy atom.